The van der Waals surface area contributed by atoms with Crippen molar-refractivity contribution in [3.05, 3.63) is 29.8 Å². The maximum absolute atomic E-state index is 11.5. The van der Waals surface area contributed by atoms with Gasteiger partial charge in [-0.15, -0.1) is 0 Å². The van der Waals surface area contributed by atoms with E-state index in [9.17, 15) is 9.59 Å². The van der Waals surface area contributed by atoms with Crippen LogP contribution in [-0.2, 0) is 9.59 Å². The minimum Gasteiger partial charge on any atom is -0.494 e. The van der Waals surface area contributed by atoms with Crippen LogP contribution >= 0.6 is 0 Å². The van der Waals surface area contributed by atoms with E-state index in [1.165, 1.54) is 0 Å². The first-order valence-electron chi connectivity index (χ1n) is 5.95. The number of ether oxygens (including phenoxy) is 1. The van der Waals surface area contributed by atoms with Crippen molar-refractivity contribution in [1.82, 2.24) is 0 Å². The van der Waals surface area contributed by atoms with Crippen LogP contribution < -0.4 is 4.74 Å². The standard InChI is InChI=1S/C14H16O3/c1-2-17-14-6-4-3-5-13(14)10-7-11(15)9-12(16)8-10/h3-6,10H,2,7-9H2,1H3. The van der Waals surface area contributed by atoms with Gasteiger partial charge in [0.1, 0.15) is 17.3 Å². The fraction of sp³-hybridized carbons (Fsp3) is 0.429. The monoisotopic (exact) mass is 232 g/mol. The number of hydrogen-bond acceptors (Lipinski definition) is 3. The van der Waals surface area contributed by atoms with E-state index in [1.807, 2.05) is 31.2 Å². The third-order valence-electron chi connectivity index (χ3n) is 3.00. The van der Waals surface area contributed by atoms with Crippen molar-refractivity contribution in [3.8, 4) is 5.75 Å². The van der Waals surface area contributed by atoms with Gasteiger partial charge in [-0.3, -0.25) is 9.59 Å². The molecule has 17 heavy (non-hydrogen) atoms. The van der Waals surface area contributed by atoms with E-state index in [0.29, 0.717) is 19.4 Å². The molecule has 1 aromatic rings. The zero-order chi connectivity index (χ0) is 12.3. The highest BCUT2D eigenvalue weighted by Gasteiger charge is 2.28. The number of rotatable bonds is 3. The highest BCUT2D eigenvalue weighted by atomic mass is 16.5. The zero-order valence-electron chi connectivity index (χ0n) is 9.94. The molecule has 0 bridgehead atoms. The molecule has 0 amide bonds. The molecule has 1 aliphatic rings. The minimum atomic E-state index is -0.00787. The number of carbonyl (C=O) groups excluding carboxylic acids is 2. The van der Waals surface area contributed by atoms with Gasteiger partial charge < -0.3 is 4.74 Å². The van der Waals surface area contributed by atoms with Gasteiger partial charge in [0.2, 0.25) is 0 Å². The molecule has 2 rings (SSSR count). The SMILES string of the molecule is CCOc1ccccc1C1CC(=O)CC(=O)C1. The lowest BCUT2D eigenvalue weighted by atomic mass is 9.82. The summed E-state index contributed by atoms with van der Waals surface area (Å²) in [5.74, 6) is 0.865. The highest BCUT2D eigenvalue weighted by molar-refractivity contribution is 6.02. The molecule has 1 aliphatic carbocycles. The van der Waals surface area contributed by atoms with Crippen LogP contribution in [0, 0.1) is 0 Å². The van der Waals surface area contributed by atoms with Gasteiger partial charge in [0.05, 0.1) is 13.0 Å². The molecule has 1 fully saturated rings. The summed E-state index contributed by atoms with van der Waals surface area (Å²) < 4.78 is 5.54. The van der Waals surface area contributed by atoms with Gasteiger partial charge in [0.15, 0.2) is 0 Å². The molecular formula is C14H16O3. The van der Waals surface area contributed by atoms with Crippen LogP contribution in [0.1, 0.15) is 37.7 Å². The van der Waals surface area contributed by atoms with Crippen molar-refractivity contribution in [2.75, 3.05) is 6.61 Å². The van der Waals surface area contributed by atoms with Crippen LogP contribution in [0.25, 0.3) is 0 Å². The first-order valence-corrected chi connectivity index (χ1v) is 5.95. The predicted octanol–water partition coefficient (Wildman–Crippen LogP) is 2.49. The molecule has 0 spiro atoms. The molecule has 3 nitrogen and oxygen atoms in total. The van der Waals surface area contributed by atoms with Crippen molar-refractivity contribution in [2.45, 2.75) is 32.1 Å². The third kappa shape index (κ3) is 2.73. The summed E-state index contributed by atoms with van der Waals surface area (Å²) in [5.41, 5.74) is 0.982. The Morgan fingerprint density at radius 3 is 2.47 bits per heavy atom. The zero-order valence-corrected chi connectivity index (χ0v) is 9.94. The molecule has 1 saturated carbocycles. The maximum Gasteiger partial charge on any atom is 0.140 e. The van der Waals surface area contributed by atoms with E-state index in [2.05, 4.69) is 0 Å². The van der Waals surface area contributed by atoms with Gasteiger partial charge >= 0.3 is 0 Å². The smallest absolute Gasteiger partial charge is 0.140 e. The summed E-state index contributed by atoms with van der Waals surface area (Å²) in [5, 5.41) is 0. The van der Waals surface area contributed by atoms with Gasteiger partial charge in [-0.25, -0.2) is 0 Å². The molecule has 3 heteroatoms. The lowest BCUT2D eigenvalue weighted by Crippen LogP contribution is -2.21. The van der Waals surface area contributed by atoms with E-state index in [0.717, 1.165) is 11.3 Å². The maximum atomic E-state index is 11.5. The lowest BCUT2D eigenvalue weighted by Gasteiger charge is -2.22. The van der Waals surface area contributed by atoms with Crippen LogP contribution in [0.3, 0.4) is 0 Å². The average Bonchev–Trinajstić information content (AvgIpc) is 2.29. The number of benzene rings is 1. The molecule has 0 aromatic heterocycles. The molecule has 90 valence electrons. The summed E-state index contributed by atoms with van der Waals surface area (Å²) in [6.07, 6.45) is 1.01. The van der Waals surface area contributed by atoms with E-state index in [-0.39, 0.29) is 23.9 Å². The Balaban J connectivity index is 2.26. The predicted molar refractivity (Wildman–Crippen MR) is 64.2 cm³/mol. The second kappa shape index (κ2) is 5.13. The number of para-hydroxylation sites is 1. The molecule has 0 saturated heterocycles. The van der Waals surface area contributed by atoms with Crippen molar-refractivity contribution < 1.29 is 14.3 Å². The van der Waals surface area contributed by atoms with Crippen LogP contribution in [-0.4, -0.2) is 18.2 Å². The average molecular weight is 232 g/mol. The number of Topliss-reactive ketones (excluding diaryl/α,β-unsaturated/α-hetero) is 2. The van der Waals surface area contributed by atoms with Crippen LogP contribution in [0.5, 0.6) is 5.75 Å². The van der Waals surface area contributed by atoms with Gasteiger partial charge in [0.25, 0.3) is 0 Å². The Labute approximate surface area is 101 Å². The van der Waals surface area contributed by atoms with Crippen molar-refractivity contribution in [2.24, 2.45) is 0 Å². The topological polar surface area (TPSA) is 43.4 Å². The van der Waals surface area contributed by atoms with E-state index in [1.54, 1.807) is 0 Å². The van der Waals surface area contributed by atoms with Crippen molar-refractivity contribution in [1.29, 1.82) is 0 Å². The van der Waals surface area contributed by atoms with Gasteiger partial charge in [-0.2, -0.15) is 0 Å². The van der Waals surface area contributed by atoms with Gasteiger partial charge in [0, 0.05) is 18.8 Å². The fourth-order valence-electron chi connectivity index (χ4n) is 2.31. The molecule has 0 atom stereocenters. The van der Waals surface area contributed by atoms with E-state index in [4.69, 9.17) is 4.74 Å². The van der Waals surface area contributed by atoms with E-state index < -0.39 is 0 Å². The Morgan fingerprint density at radius 1 is 1.18 bits per heavy atom. The van der Waals surface area contributed by atoms with Crippen molar-refractivity contribution in [3.63, 3.8) is 0 Å². The second-order valence-electron chi connectivity index (χ2n) is 4.33. The van der Waals surface area contributed by atoms with Crippen LogP contribution in [0.2, 0.25) is 0 Å². The Morgan fingerprint density at radius 2 is 1.82 bits per heavy atom. The number of carbonyl (C=O) groups is 2. The summed E-state index contributed by atoms with van der Waals surface area (Å²) in [7, 11) is 0. The van der Waals surface area contributed by atoms with Gasteiger partial charge in [-0.1, -0.05) is 18.2 Å². The normalized spacial score (nSPS) is 17.2. The number of ketones is 2. The molecule has 0 N–H and O–H groups in total. The van der Waals surface area contributed by atoms with Crippen LogP contribution in [0.15, 0.2) is 24.3 Å². The summed E-state index contributed by atoms with van der Waals surface area (Å²) >= 11 is 0. The molecule has 0 heterocycles. The van der Waals surface area contributed by atoms with E-state index >= 15 is 0 Å². The quantitative estimate of drug-likeness (QED) is 0.752. The Bertz CT molecular complexity index is 421. The Hall–Kier alpha value is -1.64. The minimum absolute atomic E-state index is 0.00787. The van der Waals surface area contributed by atoms with Crippen LogP contribution in [0.4, 0.5) is 0 Å². The first-order chi connectivity index (χ1) is 8.20. The number of hydrogen-bond donors (Lipinski definition) is 0. The summed E-state index contributed by atoms with van der Waals surface area (Å²) in [6.45, 7) is 2.51. The lowest BCUT2D eigenvalue weighted by molar-refractivity contribution is -0.130. The van der Waals surface area contributed by atoms with Crippen molar-refractivity contribution >= 4 is 11.6 Å². The highest BCUT2D eigenvalue weighted by Crippen LogP contribution is 2.34. The summed E-state index contributed by atoms with van der Waals surface area (Å²) in [4.78, 5) is 22.9. The fourth-order valence-corrected chi connectivity index (χ4v) is 2.31. The molecule has 0 aliphatic heterocycles. The third-order valence-corrected chi connectivity index (χ3v) is 3.00. The second-order valence-corrected chi connectivity index (χ2v) is 4.33. The molecule has 0 unspecified atom stereocenters. The molecule has 1 aromatic carbocycles. The van der Waals surface area contributed by atoms with Gasteiger partial charge in [-0.05, 0) is 18.6 Å². The Kier molecular flexibility index (Phi) is 3.57. The summed E-state index contributed by atoms with van der Waals surface area (Å²) in [6, 6.07) is 7.66. The molecular weight excluding hydrogens is 216 g/mol. The molecule has 0 radical (unpaired) electrons. The largest absolute Gasteiger partial charge is 0.494 e. The first kappa shape index (κ1) is 11.8.